The molecule has 0 fully saturated rings. The summed E-state index contributed by atoms with van der Waals surface area (Å²) in [6.45, 7) is 6.13. The molecular formula is C8H18N2O. The van der Waals surface area contributed by atoms with E-state index in [1.807, 2.05) is 20.8 Å². The van der Waals surface area contributed by atoms with Gasteiger partial charge in [-0.05, 0) is 5.41 Å². The third-order valence-corrected chi connectivity index (χ3v) is 1.04. The molecule has 0 saturated carbocycles. The molecular weight excluding hydrogens is 140 g/mol. The highest BCUT2D eigenvalue weighted by Crippen LogP contribution is 2.17. The molecule has 0 aliphatic rings. The maximum atomic E-state index is 11.1. The van der Waals surface area contributed by atoms with Gasteiger partial charge < -0.3 is 0 Å². The van der Waals surface area contributed by atoms with E-state index in [-0.39, 0.29) is 11.3 Å². The van der Waals surface area contributed by atoms with Gasteiger partial charge in [0.25, 0.3) is 0 Å². The fourth-order valence-electron chi connectivity index (χ4n) is 0.771. The Morgan fingerprint density at radius 2 is 1.82 bits per heavy atom. The summed E-state index contributed by atoms with van der Waals surface area (Å²) in [4.78, 5) is 11.1. The first-order chi connectivity index (χ1) is 4.81. The maximum absolute atomic E-state index is 11.1. The fourth-order valence-corrected chi connectivity index (χ4v) is 0.771. The van der Waals surface area contributed by atoms with Gasteiger partial charge in [-0.2, -0.15) is 0 Å². The van der Waals surface area contributed by atoms with Crippen LogP contribution in [0.1, 0.15) is 27.2 Å². The molecule has 66 valence electrons. The van der Waals surface area contributed by atoms with Crippen molar-refractivity contribution in [2.45, 2.75) is 27.2 Å². The van der Waals surface area contributed by atoms with Crippen LogP contribution in [-0.2, 0) is 4.79 Å². The van der Waals surface area contributed by atoms with Crippen LogP contribution in [0.3, 0.4) is 0 Å². The summed E-state index contributed by atoms with van der Waals surface area (Å²) in [5.41, 5.74) is 2.76. The normalized spacial score (nSPS) is 11.8. The van der Waals surface area contributed by atoms with Gasteiger partial charge in [0.1, 0.15) is 0 Å². The molecule has 1 N–H and O–H groups in total. The second kappa shape index (κ2) is 3.72. The van der Waals surface area contributed by atoms with Gasteiger partial charge in [0.2, 0.25) is 5.91 Å². The molecule has 0 heterocycles. The number of nitrogens with zero attached hydrogens (tertiary/aromatic N) is 1. The second-order valence-corrected chi connectivity index (χ2v) is 4.17. The van der Waals surface area contributed by atoms with Crippen molar-refractivity contribution in [1.82, 2.24) is 10.4 Å². The lowest BCUT2D eigenvalue weighted by molar-refractivity contribution is -0.126. The summed E-state index contributed by atoms with van der Waals surface area (Å²) >= 11 is 0. The molecule has 3 nitrogen and oxygen atoms in total. The number of carbonyl (C=O) groups is 1. The summed E-state index contributed by atoms with van der Waals surface area (Å²) in [7, 11) is 3.61. The minimum atomic E-state index is 0.0695. The zero-order chi connectivity index (χ0) is 9.07. The van der Waals surface area contributed by atoms with E-state index in [2.05, 4.69) is 5.43 Å². The molecule has 0 aromatic rings. The number of hydrazine groups is 1. The Bertz CT molecular complexity index is 136. The Hall–Kier alpha value is -0.570. The summed E-state index contributed by atoms with van der Waals surface area (Å²) in [5, 5.41) is 1.66. The zero-order valence-corrected chi connectivity index (χ0v) is 8.06. The number of nitrogens with one attached hydrogen (secondary N) is 1. The van der Waals surface area contributed by atoms with Crippen LogP contribution < -0.4 is 5.43 Å². The van der Waals surface area contributed by atoms with Crippen molar-refractivity contribution >= 4 is 5.91 Å². The lowest BCUT2D eigenvalue weighted by Gasteiger charge is -2.19. The molecule has 0 rings (SSSR count). The highest BCUT2D eigenvalue weighted by molar-refractivity contribution is 5.75. The molecule has 1 amide bonds. The lowest BCUT2D eigenvalue weighted by atomic mass is 9.92. The smallest absolute Gasteiger partial charge is 0.234 e. The Labute approximate surface area is 68.7 Å². The SMILES string of the molecule is CN(C)NC(=O)CC(C)(C)C. The van der Waals surface area contributed by atoms with E-state index in [1.54, 1.807) is 19.1 Å². The number of amides is 1. The van der Waals surface area contributed by atoms with Crippen LogP contribution in [0, 0.1) is 5.41 Å². The van der Waals surface area contributed by atoms with Crippen LogP contribution >= 0.6 is 0 Å². The van der Waals surface area contributed by atoms with E-state index in [0.29, 0.717) is 6.42 Å². The van der Waals surface area contributed by atoms with Gasteiger partial charge >= 0.3 is 0 Å². The van der Waals surface area contributed by atoms with Gasteiger partial charge in [0.15, 0.2) is 0 Å². The van der Waals surface area contributed by atoms with Crippen molar-refractivity contribution < 1.29 is 4.79 Å². The van der Waals surface area contributed by atoms with E-state index in [9.17, 15) is 4.79 Å². The molecule has 0 atom stereocenters. The second-order valence-electron chi connectivity index (χ2n) is 4.17. The van der Waals surface area contributed by atoms with Crippen LogP contribution in [-0.4, -0.2) is 25.0 Å². The number of hydrogen-bond acceptors (Lipinski definition) is 2. The van der Waals surface area contributed by atoms with Crippen molar-refractivity contribution in [1.29, 1.82) is 0 Å². The van der Waals surface area contributed by atoms with Crippen molar-refractivity contribution in [3.63, 3.8) is 0 Å². The van der Waals surface area contributed by atoms with Crippen molar-refractivity contribution in [2.75, 3.05) is 14.1 Å². The standard InChI is InChI=1S/C8H18N2O/c1-8(2,3)6-7(11)9-10(4)5/h6H2,1-5H3,(H,9,11). The summed E-state index contributed by atoms with van der Waals surface area (Å²) < 4.78 is 0. The zero-order valence-electron chi connectivity index (χ0n) is 8.06. The Balaban J connectivity index is 3.71. The van der Waals surface area contributed by atoms with Crippen LogP contribution in [0.15, 0.2) is 0 Å². The largest absolute Gasteiger partial charge is 0.289 e. The molecule has 0 aliphatic heterocycles. The van der Waals surface area contributed by atoms with Crippen LogP contribution in [0.5, 0.6) is 0 Å². The molecule has 0 saturated heterocycles. The fraction of sp³-hybridized carbons (Fsp3) is 0.875. The predicted octanol–water partition coefficient (Wildman–Crippen LogP) is 1.02. The average Bonchev–Trinajstić information content (AvgIpc) is 1.53. The van der Waals surface area contributed by atoms with Crippen LogP contribution in [0.2, 0.25) is 0 Å². The topological polar surface area (TPSA) is 32.3 Å². The Kier molecular flexibility index (Phi) is 3.52. The van der Waals surface area contributed by atoms with E-state index >= 15 is 0 Å². The first-order valence-electron chi connectivity index (χ1n) is 3.78. The number of rotatable bonds is 2. The highest BCUT2D eigenvalue weighted by Gasteiger charge is 2.15. The van der Waals surface area contributed by atoms with Crippen LogP contribution in [0.4, 0.5) is 0 Å². The molecule has 0 radical (unpaired) electrons. The van der Waals surface area contributed by atoms with Gasteiger partial charge in [-0.1, -0.05) is 20.8 Å². The average molecular weight is 158 g/mol. The number of carbonyl (C=O) groups excluding carboxylic acids is 1. The highest BCUT2D eigenvalue weighted by atomic mass is 16.2. The summed E-state index contributed by atoms with van der Waals surface area (Å²) in [6, 6.07) is 0. The number of hydrogen-bond donors (Lipinski definition) is 1. The quantitative estimate of drug-likeness (QED) is 0.608. The van der Waals surface area contributed by atoms with E-state index in [4.69, 9.17) is 0 Å². The predicted molar refractivity (Wildman–Crippen MR) is 45.9 cm³/mol. The molecule has 11 heavy (non-hydrogen) atoms. The minimum absolute atomic E-state index is 0.0695. The van der Waals surface area contributed by atoms with Gasteiger partial charge in [-0.15, -0.1) is 0 Å². The summed E-state index contributed by atoms with van der Waals surface area (Å²) in [6.07, 6.45) is 0.561. The monoisotopic (exact) mass is 158 g/mol. The first-order valence-corrected chi connectivity index (χ1v) is 3.78. The van der Waals surface area contributed by atoms with Gasteiger partial charge in [-0.3, -0.25) is 10.2 Å². The first kappa shape index (κ1) is 10.4. The Morgan fingerprint density at radius 3 is 2.09 bits per heavy atom. The van der Waals surface area contributed by atoms with Gasteiger partial charge in [0, 0.05) is 20.5 Å². The van der Waals surface area contributed by atoms with Gasteiger partial charge in [0.05, 0.1) is 0 Å². The molecule has 0 unspecified atom stereocenters. The van der Waals surface area contributed by atoms with Crippen molar-refractivity contribution in [3.05, 3.63) is 0 Å². The van der Waals surface area contributed by atoms with E-state index < -0.39 is 0 Å². The molecule has 3 heteroatoms. The molecule has 0 aromatic heterocycles. The van der Waals surface area contributed by atoms with E-state index in [1.165, 1.54) is 0 Å². The molecule has 0 aromatic carbocycles. The maximum Gasteiger partial charge on any atom is 0.234 e. The third kappa shape index (κ3) is 7.33. The molecule has 0 aliphatic carbocycles. The van der Waals surface area contributed by atoms with Crippen molar-refractivity contribution in [2.24, 2.45) is 5.41 Å². The van der Waals surface area contributed by atoms with Crippen molar-refractivity contribution in [3.8, 4) is 0 Å². The third-order valence-electron chi connectivity index (χ3n) is 1.04. The summed E-state index contributed by atoms with van der Waals surface area (Å²) in [5.74, 6) is 0.0718. The minimum Gasteiger partial charge on any atom is -0.289 e. The Morgan fingerprint density at radius 1 is 1.36 bits per heavy atom. The molecule has 0 bridgehead atoms. The lowest BCUT2D eigenvalue weighted by Crippen LogP contribution is -2.37. The molecule has 0 spiro atoms. The van der Waals surface area contributed by atoms with Gasteiger partial charge in [-0.25, -0.2) is 5.01 Å². The van der Waals surface area contributed by atoms with E-state index in [0.717, 1.165) is 0 Å². The van der Waals surface area contributed by atoms with Crippen LogP contribution in [0.25, 0.3) is 0 Å².